The standard InChI is InChI=1S/C10H15NO3/c1-7(2)9(12)14-6-10(4)5-13-8(3)11-10/h1,5-6H2,2-4H3. The summed E-state index contributed by atoms with van der Waals surface area (Å²) in [7, 11) is 0. The van der Waals surface area contributed by atoms with E-state index in [0.717, 1.165) is 0 Å². The molecule has 0 N–H and O–H groups in total. The Hall–Kier alpha value is -1.32. The fraction of sp³-hybridized carbons (Fsp3) is 0.600. The van der Waals surface area contributed by atoms with E-state index in [9.17, 15) is 4.79 Å². The quantitative estimate of drug-likeness (QED) is 0.506. The van der Waals surface area contributed by atoms with Gasteiger partial charge in [0.05, 0.1) is 0 Å². The van der Waals surface area contributed by atoms with Crippen LogP contribution in [0.4, 0.5) is 0 Å². The Morgan fingerprint density at radius 3 is 2.86 bits per heavy atom. The van der Waals surface area contributed by atoms with Crippen LogP contribution in [0.5, 0.6) is 0 Å². The van der Waals surface area contributed by atoms with Crippen LogP contribution < -0.4 is 0 Å². The van der Waals surface area contributed by atoms with Crippen LogP contribution in [0.3, 0.4) is 0 Å². The Balaban J connectivity index is 2.46. The van der Waals surface area contributed by atoms with Gasteiger partial charge in [-0.2, -0.15) is 0 Å². The molecule has 14 heavy (non-hydrogen) atoms. The van der Waals surface area contributed by atoms with Gasteiger partial charge in [-0.25, -0.2) is 9.79 Å². The summed E-state index contributed by atoms with van der Waals surface area (Å²) in [4.78, 5) is 15.4. The number of rotatable bonds is 3. The van der Waals surface area contributed by atoms with Crippen molar-refractivity contribution in [3.8, 4) is 0 Å². The highest BCUT2D eigenvalue weighted by atomic mass is 16.5. The number of ether oxygens (including phenoxy) is 2. The zero-order valence-electron chi connectivity index (χ0n) is 8.79. The van der Waals surface area contributed by atoms with E-state index in [2.05, 4.69) is 11.6 Å². The average molecular weight is 197 g/mol. The molecule has 0 spiro atoms. The van der Waals surface area contributed by atoms with Gasteiger partial charge in [0.1, 0.15) is 18.8 Å². The molecule has 0 amide bonds. The molecule has 0 aromatic carbocycles. The van der Waals surface area contributed by atoms with Gasteiger partial charge in [-0.3, -0.25) is 0 Å². The molecule has 0 fully saturated rings. The fourth-order valence-electron chi connectivity index (χ4n) is 1.12. The van der Waals surface area contributed by atoms with Gasteiger partial charge in [0.2, 0.25) is 0 Å². The van der Waals surface area contributed by atoms with Crippen LogP contribution in [0.1, 0.15) is 20.8 Å². The molecule has 1 unspecified atom stereocenters. The monoisotopic (exact) mass is 197 g/mol. The first-order chi connectivity index (χ1) is 6.43. The van der Waals surface area contributed by atoms with Crippen molar-refractivity contribution in [3.63, 3.8) is 0 Å². The number of hydrogen-bond acceptors (Lipinski definition) is 4. The summed E-state index contributed by atoms with van der Waals surface area (Å²) in [5.41, 5.74) is -0.0388. The summed E-state index contributed by atoms with van der Waals surface area (Å²) in [6.07, 6.45) is 0. The summed E-state index contributed by atoms with van der Waals surface area (Å²) in [5.74, 6) is 0.254. The van der Waals surface area contributed by atoms with Crippen LogP contribution in [0.25, 0.3) is 0 Å². The van der Waals surface area contributed by atoms with E-state index in [1.165, 1.54) is 0 Å². The lowest BCUT2D eigenvalue weighted by atomic mass is 10.1. The second-order valence-corrected chi connectivity index (χ2v) is 3.77. The Morgan fingerprint density at radius 1 is 1.79 bits per heavy atom. The second-order valence-electron chi connectivity index (χ2n) is 3.77. The van der Waals surface area contributed by atoms with E-state index in [0.29, 0.717) is 18.1 Å². The predicted molar refractivity (Wildman–Crippen MR) is 53.2 cm³/mol. The molecule has 0 saturated carbocycles. The van der Waals surface area contributed by atoms with Crippen molar-refractivity contribution in [2.24, 2.45) is 4.99 Å². The van der Waals surface area contributed by atoms with Gasteiger partial charge in [0, 0.05) is 12.5 Å². The third kappa shape index (κ3) is 2.58. The molecular weight excluding hydrogens is 182 g/mol. The third-order valence-corrected chi connectivity index (χ3v) is 1.88. The molecule has 0 aromatic rings. The van der Waals surface area contributed by atoms with Gasteiger partial charge in [0.25, 0.3) is 0 Å². The molecule has 1 heterocycles. The largest absolute Gasteiger partial charge is 0.479 e. The lowest BCUT2D eigenvalue weighted by Crippen LogP contribution is -2.31. The molecule has 4 nitrogen and oxygen atoms in total. The van der Waals surface area contributed by atoms with Crippen molar-refractivity contribution in [2.45, 2.75) is 26.3 Å². The smallest absolute Gasteiger partial charge is 0.333 e. The van der Waals surface area contributed by atoms with Crippen LogP contribution in [-0.4, -0.2) is 30.6 Å². The maximum Gasteiger partial charge on any atom is 0.333 e. The van der Waals surface area contributed by atoms with Crippen molar-refractivity contribution >= 4 is 11.9 Å². The number of nitrogens with zero attached hydrogens (tertiary/aromatic N) is 1. The SMILES string of the molecule is C=C(C)C(=O)OCC1(C)COC(C)=N1. The number of esters is 1. The topological polar surface area (TPSA) is 47.9 Å². The van der Waals surface area contributed by atoms with Crippen molar-refractivity contribution in [3.05, 3.63) is 12.2 Å². The first-order valence-electron chi connectivity index (χ1n) is 4.45. The van der Waals surface area contributed by atoms with Crippen LogP contribution in [0, 0.1) is 0 Å². The van der Waals surface area contributed by atoms with Gasteiger partial charge < -0.3 is 9.47 Å². The van der Waals surface area contributed by atoms with Gasteiger partial charge >= 0.3 is 5.97 Å². The summed E-state index contributed by atoms with van der Waals surface area (Å²) in [6.45, 7) is 9.47. The summed E-state index contributed by atoms with van der Waals surface area (Å²) in [6, 6.07) is 0. The molecule has 1 atom stereocenters. The van der Waals surface area contributed by atoms with E-state index >= 15 is 0 Å². The first-order valence-corrected chi connectivity index (χ1v) is 4.45. The van der Waals surface area contributed by atoms with Gasteiger partial charge in [-0.15, -0.1) is 0 Å². The lowest BCUT2D eigenvalue weighted by molar-refractivity contribution is -0.140. The number of hydrogen-bond donors (Lipinski definition) is 0. The van der Waals surface area contributed by atoms with Gasteiger partial charge in [-0.1, -0.05) is 6.58 Å². The van der Waals surface area contributed by atoms with E-state index in [-0.39, 0.29) is 12.6 Å². The molecule has 1 aliphatic rings. The average Bonchev–Trinajstić information content (AvgIpc) is 2.43. The minimum Gasteiger partial charge on any atom is -0.479 e. The first kappa shape index (κ1) is 10.8. The van der Waals surface area contributed by atoms with Crippen molar-refractivity contribution in [1.82, 2.24) is 0 Å². The fourth-order valence-corrected chi connectivity index (χ4v) is 1.12. The summed E-state index contributed by atoms with van der Waals surface area (Å²) in [5, 5.41) is 0. The van der Waals surface area contributed by atoms with Gasteiger partial charge in [0.15, 0.2) is 5.90 Å². The Labute approximate surface area is 83.6 Å². The molecule has 0 aliphatic carbocycles. The molecule has 0 saturated heterocycles. The van der Waals surface area contributed by atoms with Crippen LogP contribution in [-0.2, 0) is 14.3 Å². The molecule has 0 aromatic heterocycles. The summed E-state index contributed by atoms with van der Waals surface area (Å²) < 4.78 is 10.2. The van der Waals surface area contributed by atoms with Crippen molar-refractivity contribution < 1.29 is 14.3 Å². The van der Waals surface area contributed by atoms with E-state index < -0.39 is 5.54 Å². The van der Waals surface area contributed by atoms with Crippen LogP contribution >= 0.6 is 0 Å². The summed E-state index contributed by atoms with van der Waals surface area (Å²) >= 11 is 0. The maximum atomic E-state index is 11.1. The Bertz CT molecular complexity index is 296. The Morgan fingerprint density at radius 2 is 2.43 bits per heavy atom. The molecule has 4 heteroatoms. The van der Waals surface area contributed by atoms with E-state index in [1.54, 1.807) is 13.8 Å². The predicted octanol–water partition coefficient (Wildman–Crippen LogP) is 1.31. The third-order valence-electron chi connectivity index (χ3n) is 1.88. The highest BCUT2D eigenvalue weighted by molar-refractivity contribution is 5.87. The molecule has 1 aliphatic heterocycles. The number of carbonyl (C=O) groups excluding carboxylic acids is 1. The van der Waals surface area contributed by atoms with Gasteiger partial charge in [-0.05, 0) is 13.8 Å². The number of aliphatic imine (C=N–C) groups is 1. The minimum atomic E-state index is -0.435. The molecule has 0 radical (unpaired) electrons. The highest BCUT2D eigenvalue weighted by Crippen LogP contribution is 2.18. The Kier molecular flexibility index (Phi) is 2.93. The molecular formula is C10H15NO3. The van der Waals surface area contributed by atoms with Crippen LogP contribution in [0.15, 0.2) is 17.1 Å². The van der Waals surface area contributed by atoms with E-state index in [4.69, 9.17) is 9.47 Å². The molecule has 1 rings (SSSR count). The molecule has 0 bridgehead atoms. The number of carbonyl (C=O) groups is 1. The minimum absolute atomic E-state index is 0.232. The maximum absolute atomic E-state index is 11.1. The molecule has 78 valence electrons. The normalized spacial score (nSPS) is 25.2. The van der Waals surface area contributed by atoms with Crippen molar-refractivity contribution in [1.29, 1.82) is 0 Å². The van der Waals surface area contributed by atoms with E-state index in [1.807, 2.05) is 6.92 Å². The second kappa shape index (κ2) is 3.82. The lowest BCUT2D eigenvalue weighted by Gasteiger charge is -2.17. The zero-order chi connectivity index (χ0) is 10.8. The van der Waals surface area contributed by atoms with Crippen molar-refractivity contribution in [2.75, 3.05) is 13.2 Å². The highest BCUT2D eigenvalue weighted by Gasteiger charge is 2.31. The van der Waals surface area contributed by atoms with Crippen LogP contribution in [0.2, 0.25) is 0 Å². The zero-order valence-corrected chi connectivity index (χ0v) is 8.79.